The Morgan fingerprint density at radius 1 is 1.21 bits per heavy atom. The van der Waals surface area contributed by atoms with E-state index >= 15 is 0 Å². The largest absolute Gasteiger partial charge is 0.486 e. The topological polar surface area (TPSA) is 75.1 Å². The van der Waals surface area contributed by atoms with E-state index in [2.05, 4.69) is 4.98 Å². The molecule has 0 fully saturated rings. The standard InChI is InChI=1S/C14H12N2O3/c15-3-1-2-9-6-10-7-12-13(19-5-4-18-12)8-11(10)16-14(9)17/h6-8H,1-2,4-5H2,(H,16,17). The number of H-pyrrole nitrogens is 1. The van der Waals surface area contributed by atoms with Crippen LogP contribution in [0.15, 0.2) is 23.0 Å². The average molecular weight is 256 g/mol. The average Bonchev–Trinajstić information content (AvgIpc) is 2.43. The van der Waals surface area contributed by atoms with Crippen LogP contribution >= 0.6 is 0 Å². The summed E-state index contributed by atoms with van der Waals surface area (Å²) < 4.78 is 11.0. The predicted octanol–water partition coefficient (Wildman–Crippen LogP) is 1.76. The van der Waals surface area contributed by atoms with Crippen molar-refractivity contribution in [3.8, 4) is 17.6 Å². The molecule has 1 aromatic carbocycles. The Balaban J connectivity index is 2.12. The number of aryl methyl sites for hydroxylation is 1. The van der Waals surface area contributed by atoms with E-state index in [1.165, 1.54) is 0 Å². The molecule has 5 nitrogen and oxygen atoms in total. The van der Waals surface area contributed by atoms with Crippen molar-refractivity contribution in [2.24, 2.45) is 0 Å². The molecule has 2 heterocycles. The minimum absolute atomic E-state index is 0.153. The van der Waals surface area contributed by atoms with E-state index in [-0.39, 0.29) is 5.56 Å². The van der Waals surface area contributed by atoms with Crippen LogP contribution in [0, 0.1) is 11.3 Å². The zero-order valence-electron chi connectivity index (χ0n) is 10.2. The zero-order chi connectivity index (χ0) is 13.2. The molecule has 0 saturated heterocycles. The van der Waals surface area contributed by atoms with E-state index in [0.717, 1.165) is 10.9 Å². The number of nitrogens with zero attached hydrogens (tertiary/aromatic N) is 1. The lowest BCUT2D eigenvalue weighted by Crippen LogP contribution is -2.16. The van der Waals surface area contributed by atoms with Gasteiger partial charge in [0.2, 0.25) is 0 Å². The van der Waals surface area contributed by atoms with E-state index in [4.69, 9.17) is 14.7 Å². The number of rotatable bonds is 2. The SMILES string of the molecule is N#CCCc1cc2cc3c(cc2[nH]c1=O)OCCO3. The number of hydrogen-bond acceptors (Lipinski definition) is 4. The third-order valence-corrected chi connectivity index (χ3v) is 3.09. The van der Waals surface area contributed by atoms with Crippen molar-refractivity contribution in [2.75, 3.05) is 13.2 Å². The minimum atomic E-state index is -0.153. The van der Waals surface area contributed by atoms with Crippen LogP contribution in [0.1, 0.15) is 12.0 Å². The van der Waals surface area contributed by atoms with E-state index in [1.54, 1.807) is 6.07 Å². The van der Waals surface area contributed by atoms with Crippen molar-refractivity contribution < 1.29 is 9.47 Å². The monoisotopic (exact) mass is 256 g/mol. The van der Waals surface area contributed by atoms with Crippen molar-refractivity contribution in [3.63, 3.8) is 0 Å². The number of ether oxygens (including phenoxy) is 2. The number of hydrogen-bond donors (Lipinski definition) is 1. The maximum absolute atomic E-state index is 11.9. The highest BCUT2D eigenvalue weighted by molar-refractivity contribution is 5.83. The summed E-state index contributed by atoms with van der Waals surface area (Å²) in [6.07, 6.45) is 0.787. The summed E-state index contributed by atoms with van der Waals surface area (Å²) in [7, 11) is 0. The summed E-state index contributed by atoms with van der Waals surface area (Å²) in [5.41, 5.74) is 1.18. The number of benzene rings is 1. The van der Waals surface area contributed by atoms with Gasteiger partial charge in [-0.05, 0) is 18.6 Å². The number of nitriles is 1. The first-order chi connectivity index (χ1) is 9.28. The van der Waals surface area contributed by atoms with E-state index in [9.17, 15) is 4.79 Å². The van der Waals surface area contributed by atoms with Gasteiger partial charge in [0, 0.05) is 23.4 Å². The van der Waals surface area contributed by atoms with Crippen LogP contribution in [0.3, 0.4) is 0 Å². The van der Waals surface area contributed by atoms with E-state index in [1.807, 2.05) is 18.2 Å². The smallest absolute Gasteiger partial charge is 0.251 e. The van der Waals surface area contributed by atoms with Gasteiger partial charge >= 0.3 is 0 Å². The maximum Gasteiger partial charge on any atom is 0.251 e. The van der Waals surface area contributed by atoms with Crippen molar-refractivity contribution in [1.82, 2.24) is 4.98 Å². The fraction of sp³-hybridized carbons (Fsp3) is 0.286. The van der Waals surface area contributed by atoms with Gasteiger partial charge in [-0.15, -0.1) is 0 Å². The summed E-state index contributed by atoms with van der Waals surface area (Å²) in [5.74, 6) is 1.34. The molecule has 19 heavy (non-hydrogen) atoms. The molecule has 96 valence electrons. The van der Waals surface area contributed by atoms with Crippen LogP contribution in [0.5, 0.6) is 11.5 Å². The quantitative estimate of drug-likeness (QED) is 0.888. The van der Waals surface area contributed by atoms with Crippen molar-refractivity contribution in [3.05, 3.63) is 34.1 Å². The Morgan fingerprint density at radius 2 is 1.95 bits per heavy atom. The van der Waals surface area contributed by atoms with Crippen molar-refractivity contribution in [2.45, 2.75) is 12.8 Å². The lowest BCUT2D eigenvalue weighted by atomic mass is 10.1. The lowest BCUT2D eigenvalue weighted by molar-refractivity contribution is 0.172. The summed E-state index contributed by atoms with van der Waals surface area (Å²) in [6.45, 7) is 1.05. The van der Waals surface area contributed by atoms with Gasteiger partial charge in [0.25, 0.3) is 5.56 Å². The van der Waals surface area contributed by atoms with Crippen LogP contribution in [0.2, 0.25) is 0 Å². The second-order valence-corrected chi connectivity index (χ2v) is 4.36. The molecule has 5 heteroatoms. The zero-order valence-corrected chi connectivity index (χ0v) is 10.2. The first kappa shape index (κ1) is 11.6. The highest BCUT2D eigenvalue weighted by atomic mass is 16.6. The number of nitrogens with one attached hydrogen (secondary N) is 1. The molecule has 0 atom stereocenters. The van der Waals surface area contributed by atoms with Gasteiger partial charge in [-0.2, -0.15) is 5.26 Å². The summed E-state index contributed by atoms with van der Waals surface area (Å²) >= 11 is 0. The first-order valence-electron chi connectivity index (χ1n) is 6.10. The molecule has 0 amide bonds. The molecular formula is C14H12N2O3. The molecule has 1 aliphatic heterocycles. The third-order valence-electron chi connectivity index (χ3n) is 3.09. The fourth-order valence-electron chi connectivity index (χ4n) is 2.16. The van der Waals surface area contributed by atoms with Crippen LogP contribution in [-0.2, 0) is 6.42 Å². The molecule has 0 spiro atoms. The molecule has 0 aliphatic carbocycles. The van der Waals surface area contributed by atoms with Crippen LogP contribution in [0.25, 0.3) is 10.9 Å². The molecule has 2 aromatic rings. The molecule has 0 radical (unpaired) electrons. The molecule has 1 N–H and O–H groups in total. The van der Waals surface area contributed by atoms with Crippen LogP contribution < -0.4 is 15.0 Å². The van der Waals surface area contributed by atoms with Gasteiger partial charge in [-0.1, -0.05) is 0 Å². The predicted molar refractivity (Wildman–Crippen MR) is 69.5 cm³/mol. The Labute approximate surface area is 109 Å². The van der Waals surface area contributed by atoms with Crippen molar-refractivity contribution in [1.29, 1.82) is 5.26 Å². The minimum Gasteiger partial charge on any atom is -0.486 e. The number of aromatic nitrogens is 1. The van der Waals surface area contributed by atoms with Gasteiger partial charge in [0.15, 0.2) is 11.5 Å². The van der Waals surface area contributed by atoms with Gasteiger partial charge in [-0.25, -0.2) is 0 Å². The Kier molecular flexibility index (Phi) is 2.84. The van der Waals surface area contributed by atoms with Gasteiger partial charge in [0.1, 0.15) is 13.2 Å². The summed E-state index contributed by atoms with van der Waals surface area (Å²) in [5, 5.41) is 9.48. The first-order valence-corrected chi connectivity index (χ1v) is 6.10. The second-order valence-electron chi connectivity index (χ2n) is 4.36. The van der Waals surface area contributed by atoms with Crippen LogP contribution in [0.4, 0.5) is 0 Å². The summed E-state index contributed by atoms with van der Waals surface area (Å²) in [6, 6.07) is 7.49. The Bertz CT molecular complexity index is 728. The number of aromatic amines is 1. The normalized spacial score (nSPS) is 13.2. The molecule has 1 aliphatic rings. The second kappa shape index (κ2) is 4.65. The van der Waals surface area contributed by atoms with Gasteiger partial charge < -0.3 is 14.5 Å². The lowest BCUT2D eigenvalue weighted by Gasteiger charge is -2.18. The van der Waals surface area contributed by atoms with E-state index < -0.39 is 0 Å². The molecule has 0 saturated carbocycles. The Morgan fingerprint density at radius 3 is 2.68 bits per heavy atom. The fourth-order valence-corrected chi connectivity index (χ4v) is 2.16. The third kappa shape index (κ3) is 2.13. The summed E-state index contributed by atoms with van der Waals surface area (Å²) in [4.78, 5) is 14.7. The maximum atomic E-state index is 11.9. The van der Waals surface area contributed by atoms with Crippen LogP contribution in [-0.4, -0.2) is 18.2 Å². The number of pyridine rings is 1. The molecule has 1 aromatic heterocycles. The van der Waals surface area contributed by atoms with Crippen molar-refractivity contribution >= 4 is 10.9 Å². The Hall–Kier alpha value is -2.48. The highest BCUT2D eigenvalue weighted by Crippen LogP contribution is 2.33. The van der Waals surface area contributed by atoms with Gasteiger partial charge in [0.05, 0.1) is 11.6 Å². The highest BCUT2D eigenvalue weighted by Gasteiger charge is 2.13. The van der Waals surface area contributed by atoms with Gasteiger partial charge in [-0.3, -0.25) is 4.79 Å². The number of fused-ring (bicyclic) bond motifs is 2. The molecule has 0 unspecified atom stereocenters. The van der Waals surface area contributed by atoms with E-state index in [0.29, 0.717) is 43.1 Å². The molecule has 0 bridgehead atoms. The molecule has 3 rings (SSSR count). The molecular weight excluding hydrogens is 244 g/mol.